The van der Waals surface area contributed by atoms with Crippen LogP contribution in [0.25, 0.3) is 6.08 Å². The van der Waals surface area contributed by atoms with Gasteiger partial charge in [0, 0.05) is 17.0 Å². The molecule has 1 aromatic carbocycles. The third kappa shape index (κ3) is 1.83. The van der Waals surface area contributed by atoms with Crippen LogP contribution in [0.5, 0.6) is 0 Å². The highest BCUT2D eigenvalue weighted by Gasteiger charge is 2.46. The zero-order valence-corrected chi connectivity index (χ0v) is 14.9. The van der Waals surface area contributed by atoms with Gasteiger partial charge in [-0.25, -0.2) is 0 Å². The molecule has 0 bridgehead atoms. The first-order valence-electron chi connectivity index (χ1n) is 8.53. The second-order valence-electron chi connectivity index (χ2n) is 7.35. The second-order valence-corrected chi connectivity index (χ2v) is 8.57. The van der Waals surface area contributed by atoms with E-state index < -0.39 is 0 Å². The van der Waals surface area contributed by atoms with E-state index in [1.165, 1.54) is 52.4 Å². The van der Waals surface area contributed by atoms with E-state index in [-0.39, 0.29) is 5.41 Å². The number of hydrogen-bond acceptors (Lipinski definition) is 2. The molecule has 2 atom stereocenters. The summed E-state index contributed by atoms with van der Waals surface area (Å²) in [5, 5.41) is 0. The Bertz CT molecular complexity index is 694. The summed E-state index contributed by atoms with van der Waals surface area (Å²) in [5.74, 6) is 3.91. The van der Waals surface area contributed by atoms with Crippen LogP contribution in [0.15, 0.2) is 17.1 Å². The minimum atomic E-state index is 0.141. The molecule has 1 saturated heterocycles. The summed E-state index contributed by atoms with van der Waals surface area (Å²) < 4.78 is 0. The predicted octanol–water partition coefficient (Wildman–Crippen LogP) is 5.63. The van der Waals surface area contributed by atoms with Crippen molar-refractivity contribution < 1.29 is 0 Å². The fourth-order valence-corrected chi connectivity index (χ4v) is 5.95. The Kier molecular flexibility index (Phi) is 3.30. The minimum absolute atomic E-state index is 0.141. The lowest BCUT2D eigenvalue weighted by molar-refractivity contribution is 0.360. The highest BCUT2D eigenvalue weighted by atomic mass is 32.2. The highest BCUT2D eigenvalue weighted by molar-refractivity contribution is 7.99. The number of aryl methyl sites for hydroxylation is 1. The van der Waals surface area contributed by atoms with Crippen molar-refractivity contribution in [3.63, 3.8) is 0 Å². The van der Waals surface area contributed by atoms with E-state index in [2.05, 4.69) is 57.7 Å². The maximum atomic E-state index is 5.02. The van der Waals surface area contributed by atoms with E-state index in [9.17, 15) is 0 Å². The van der Waals surface area contributed by atoms with Gasteiger partial charge in [0.2, 0.25) is 0 Å². The van der Waals surface area contributed by atoms with Crippen molar-refractivity contribution >= 4 is 29.2 Å². The van der Waals surface area contributed by atoms with Gasteiger partial charge < -0.3 is 0 Å². The van der Waals surface area contributed by atoms with Gasteiger partial charge in [0.1, 0.15) is 0 Å². The van der Waals surface area contributed by atoms with Crippen molar-refractivity contribution in [2.24, 2.45) is 10.9 Å². The summed E-state index contributed by atoms with van der Waals surface area (Å²) in [7, 11) is 0. The summed E-state index contributed by atoms with van der Waals surface area (Å²) in [6.07, 6.45) is 7.39. The van der Waals surface area contributed by atoms with Crippen molar-refractivity contribution in [1.82, 2.24) is 0 Å². The van der Waals surface area contributed by atoms with Gasteiger partial charge in [-0.3, -0.25) is 4.99 Å². The molecule has 22 heavy (non-hydrogen) atoms. The summed E-state index contributed by atoms with van der Waals surface area (Å²) in [6, 6.07) is 2.34. The average molecular weight is 311 g/mol. The SMILES string of the molecule is CC1=Nc2cc(C)c3c(c2C1(C)C1CCSCC1)C=CC3C. The molecule has 2 unspecified atom stereocenters. The molecule has 0 aromatic heterocycles. The highest BCUT2D eigenvalue weighted by Crippen LogP contribution is 2.53. The number of thioether (sulfide) groups is 1. The summed E-state index contributed by atoms with van der Waals surface area (Å²) in [4.78, 5) is 5.02. The lowest BCUT2D eigenvalue weighted by Gasteiger charge is -2.39. The van der Waals surface area contributed by atoms with Gasteiger partial charge in [0.25, 0.3) is 0 Å². The monoisotopic (exact) mass is 311 g/mol. The lowest BCUT2D eigenvalue weighted by atomic mass is 9.66. The summed E-state index contributed by atoms with van der Waals surface area (Å²) in [6.45, 7) is 9.29. The number of hydrogen-bond donors (Lipinski definition) is 0. The van der Waals surface area contributed by atoms with Crippen LogP contribution < -0.4 is 0 Å². The Labute approximate surface area is 138 Å². The van der Waals surface area contributed by atoms with Crippen LogP contribution in [0, 0.1) is 12.8 Å². The van der Waals surface area contributed by atoms with E-state index >= 15 is 0 Å². The van der Waals surface area contributed by atoms with Crippen LogP contribution in [0.2, 0.25) is 0 Å². The molecule has 116 valence electrons. The van der Waals surface area contributed by atoms with Gasteiger partial charge in [0.05, 0.1) is 5.69 Å². The Morgan fingerprint density at radius 2 is 1.95 bits per heavy atom. The van der Waals surface area contributed by atoms with Crippen LogP contribution in [-0.2, 0) is 5.41 Å². The van der Waals surface area contributed by atoms with E-state index in [4.69, 9.17) is 4.99 Å². The standard InChI is InChI=1S/C20H25NS/c1-12-5-6-16-18(12)13(2)11-17-19(16)20(4,14(3)21-17)15-7-9-22-10-8-15/h5-6,11-12,15H,7-10H2,1-4H3. The maximum Gasteiger partial charge on any atom is 0.0679 e. The summed E-state index contributed by atoms with van der Waals surface area (Å²) >= 11 is 2.11. The van der Waals surface area contributed by atoms with Crippen molar-refractivity contribution in [3.05, 3.63) is 34.4 Å². The van der Waals surface area contributed by atoms with Crippen molar-refractivity contribution in [2.45, 2.75) is 51.9 Å². The normalized spacial score (nSPS) is 30.4. The fraction of sp³-hybridized carbons (Fsp3) is 0.550. The van der Waals surface area contributed by atoms with Gasteiger partial charge in [0.15, 0.2) is 0 Å². The molecule has 1 aliphatic carbocycles. The molecule has 0 spiro atoms. The molecule has 0 saturated carbocycles. The topological polar surface area (TPSA) is 12.4 Å². The fourth-order valence-electron chi connectivity index (χ4n) is 4.84. The number of fused-ring (bicyclic) bond motifs is 3. The molecule has 2 heterocycles. The molecule has 3 aliphatic rings. The lowest BCUT2D eigenvalue weighted by Crippen LogP contribution is -2.39. The van der Waals surface area contributed by atoms with Gasteiger partial charge in [-0.05, 0) is 79.4 Å². The molecule has 1 aromatic rings. The summed E-state index contributed by atoms with van der Waals surface area (Å²) in [5.41, 5.74) is 8.69. The molecule has 2 heteroatoms. The number of allylic oxidation sites excluding steroid dienone is 1. The minimum Gasteiger partial charge on any atom is -0.257 e. The van der Waals surface area contributed by atoms with Crippen LogP contribution in [0.4, 0.5) is 5.69 Å². The van der Waals surface area contributed by atoms with Gasteiger partial charge in [-0.2, -0.15) is 11.8 Å². The Hall–Kier alpha value is -1.02. The van der Waals surface area contributed by atoms with E-state index in [0.717, 1.165) is 5.92 Å². The molecule has 4 rings (SSSR count). The third-order valence-electron chi connectivity index (χ3n) is 6.20. The first-order chi connectivity index (χ1) is 10.5. The van der Waals surface area contributed by atoms with E-state index in [0.29, 0.717) is 5.92 Å². The van der Waals surface area contributed by atoms with E-state index in [1.807, 2.05) is 0 Å². The van der Waals surface area contributed by atoms with Crippen molar-refractivity contribution in [1.29, 1.82) is 0 Å². The molecule has 2 aliphatic heterocycles. The largest absolute Gasteiger partial charge is 0.257 e. The number of rotatable bonds is 1. The Morgan fingerprint density at radius 1 is 1.23 bits per heavy atom. The number of nitrogens with zero attached hydrogens (tertiary/aromatic N) is 1. The van der Waals surface area contributed by atoms with Crippen molar-refractivity contribution in [3.8, 4) is 0 Å². The first kappa shape index (κ1) is 14.6. The number of benzene rings is 1. The Morgan fingerprint density at radius 3 is 2.68 bits per heavy atom. The molecular weight excluding hydrogens is 286 g/mol. The average Bonchev–Trinajstić information content (AvgIpc) is 3.00. The smallest absolute Gasteiger partial charge is 0.0679 e. The molecule has 1 nitrogen and oxygen atoms in total. The molecule has 0 amide bonds. The van der Waals surface area contributed by atoms with Gasteiger partial charge >= 0.3 is 0 Å². The van der Waals surface area contributed by atoms with Crippen LogP contribution in [0.1, 0.15) is 61.8 Å². The van der Waals surface area contributed by atoms with Crippen molar-refractivity contribution in [2.75, 3.05) is 11.5 Å². The zero-order valence-electron chi connectivity index (χ0n) is 14.1. The molecule has 0 N–H and O–H groups in total. The van der Waals surface area contributed by atoms with E-state index in [1.54, 1.807) is 5.56 Å². The quantitative estimate of drug-likeness (QED) is 0.654. The number of aliphatic imine (C=N–C) groups is 1. The first-order valence-corrected chi connectivity index (χ1v) is 9.68. The predicted molar refractivity (Wildman–Crippen MR) is 98.8 cm³/mol. The maximum absolute atomic E-state index is 5.02. The Balaban J connectivity index is 1.92. The van der Waals surface area contributed by atoms with Gasteiger partial charge in [-0.15, -0.1) is 0 Å². The van der Waals surface area contributed by atoms with Gasteiger partial charge in [-0.1, -0.05) is 19.1 Å². The second kappa shape index (κ2) is 4.99. The van der Waals surface area contributed by atoms with Crippen LogP contribution >= 0.6 is 11.8 Å². The zero-order chi connectivity index (χ0) is 15.5. The third-order valence-corrected chi connectivity index (χ3v) is 7.25. The molecule has 0 radical (unpaired) electrons. The molecular formula is C20H25NS. The van der Waals surface area contributed by atoms with Crippen LogP contribution in [-0.4, -0.2) is 17.2 Å². The van der Waals surface area contributed by atoms with Crippen LogP contribution in [0.3, 0.4) is 0 Å². The molecule has 1 fully saturated rings.